The Kier molecular flexibility index (Phi) is 7.65. The number of rotatable bonds is 9. The van der Waals surface area contributed by atoms with Crippen LogP contribution in [0.4, 0.5) is 0 Å². The van der Waals surface area contributed by atoms with Gasteiger partial charge in [-0.25, -0.2) is 0 Å². The molecule has 7 nitrogen and oxygen atoms in total. The Morgan fingerprint density at radius 3 is 2.59 bits per heavy atom. The summed E-state index contributed by atoms with van der Waals surface area (Å²) in [7, 11) is 0. The predicted octanol–water partition coefficient (Wildman–Crippen LogP) is 3.36. The van der Waals surface area contributed by atoms with E-state index in [1.54, 1.807) is 31.2 Å². The topological polar surface area (TPSA) is 104 Å². The first kappa shape index (κ1) is 22.6. The number of aromatic amines is 1. The fourth-order valence-electron chi connectivity index (χ4n) is 3.28. The van der Waals surface area contributed by atoms with Gasteiger partial charge in [0, 0.05) is 17.8 Å². The molecule has 0 radical (unpaired) electrons. The summed E-state index contributed by atoms with van der Waals surface area (Å²) in [5, 5.41) is 12.2. The number of nitrogens with zero attached hydrogens (tertiary/aromatic N) is 1. The lowest BCUT2D eigenvalue weighted by atomic mass is 10.0. The first-order chi connectivity index (χ1) is 15.5. The van der Waals surface area contributed by atoms with Crippen LogP contribution in [0.2, 0.25) is 0 Å². The third kappa shape index (κ3) is 5.76. The fourth-order valence-corrected chi connectivity index (χ4v) is 3.28. The highest BCUT2D eigenvalue weighted by molar-refractivity contribution is 5.78. The second-order valence-electron chi connectivity index (χ2n) is 7.15. The maximum absolute atomic E-state index is 12.2. The molecule has 0 spiro atoms. The molecule has 1 heterocycles. The van der Waals surface area contributed by atoms with Crippen molar-refractivity contribution < 1.29 is 14.3 Å². The van der Waals surface area contributed by atoms with E-state index in [1.165, 1.54) is 0 Å². The van der Waals surface area contributed by atoms with Gasteiger partial charge in [-0.1, -0.05) is 36.4 Å². The van der Waals surface area contributed by atoms with Crippen LogP contribution in [0.15, 0.2) is 59.4 Å². The van der Waals surface area contributed by atoms with Crippen molar-refractivity contribution >= 4 is 5.91 Å². The summed E-state index contributed by atoms with van der Waals surface area (Å²) in [5.74, 6) is 0.613. The van der Waals surface area contributed by atoms with Crippen LogP contribution >= 0.6 is 0 Å². The predicted molar refractivity (Wildman–Crippen MR) is 122 cm³/mol. The molecular formula is C25H25N3O4. The molecule has 0 aliphatic carbocycles. The summed E-state index contributed by atoms with van der Waals surface area (Å²) in [6.07, 6.45) is 0.738. The second kappa shape index (κ2) is 10.8. The van der Waals surface area contributed by atoms with E-state index in [0.29, 0.717) is 41.5 Å². The van der Waals surface area contributed by atoms with Gasteiger partial charge in [-0.15, -0.1) is 0 Å². The van der Waals surface area contributed by atoms with E-state index in [2.05, 4.69) is 10.3 Å². The van der Waals surface area contributed by atoms with Gasteiger partial charge in [0.15, 0.2) is 18.1 Å². The van der Waals surface area contributed by atoms with Gasteiger partial charge in [-0.05, 0) is 49.6 Å². The van der Waals surface area contributed by atoms with Crippen LogP contribution in [0.1, 0.15) is 23.7 Å². The normalized spacial score (nSPS) is 10.3. The van der Waals surface area contributed by atoms with E-state index in [9.17, 15) is 14.9 Å². The lowest BCUT2D eigenvalue weighted by Crippen LogP contribution is -2.30. The van der Waals surface area contributed by atoms with Gasteiger partial charge >= 0.3 is 0 Å². The summed E-state index contributed by atoms with van der Waals surface area (Å²) >= 11 is 0. The summed E-state index contributed by atoms with van der Waals surface area (Å²) in [6.45, 7) is 4.35. The van der Waals surface area contributed by atoms with E-state index in [0.717, 1.165) is 12.0 Å². The second-order valence-corrected chi connectivity index (χ2v) is 7.15. The average Bonchev–Trinajstić information content (AvgIpc) is 2.78. The number of nitriles is 1. The molecule has 3 aromatic rings. The summed E-state index contributed by atoms with van der Waals surface area (Å²) in [5.41, 5.74) is 2.56. The molecule has 0 aliphatic rings. The zero-order valence-electron chi connectivity index (χ0n) is 18.1. The van der Waals surface area contributed by atoms with Crippen molar-refractivity contribution in [2.24, 2.45) is 0 Å². The number of amides is 1. The lowest BCUT2D eigenvalue weighted by Gasteiger charge is -2.14. The zero-order valence-corrected chi connectivity index (χ0v) is 18.1. The molecule has 0 bridgehead atoms. The number of carbonyl (C=O) groups excluding carboxylic acids is 1. The third-order valence-corrected chi connectivity index (χ3v) is 4.77. The maximum Gasteiger partial charge on any atom is 0.266 e. The van der Waals surface area contributed by atoms with E-state index in [-0.39, 0.29) is 18.1 Å². The number of ether oxygens (including phenoxy) is 2. The van der Waals surface area contributed by atoms with Crippen LogP contribution in [0.5, 0.6) is 11.5 Å². The quantitative estimate of drug-likeness (QED) is 0.541. The van der Waals surface area contributed by atoms with Gasteiger partial charge in [0.2, 0.25) is 0 Å². The smallest absolute Gasteiger partial charge is 0.266 e. The minimum Gasteiger partial charge on any atom is -0.490 e. The highest BCUT2D eigenvalue weighted by atomic mass is 16.5. The molecular weight excluding hydrogens is 406 g/mol. The van der Waals surface area contributed by atoms with Crippen molar-refractivity contribution in [3.8, 4) is 28.7 Å². The average molecular weight is 431 g/mol. The highest BCUT2D eigenvalue weighted by Gasteiger charge is 2.14. The largest absolute Gasteiger partial charge is 0.490 e. The number of benzene rings is 2. The minimum atomic E-state index is -0.437. The molecule has 0 atom stereocenters. The SMILES string of the molecule is CCOc1cc(-c2cc(C)[nH]c(=O)c2C#N)ccc1OCC(=O)NCCc1ccccc1. The number of pyridine rings is 1. The summed E-state index contributed by atoms with van der Waals surface area (Å²) < 4.78 is 11.4. The Bertz CT molecular complexity index is 1180. The molecule has 1 amide bonds. The van der Waals surface area contributed by atoms with Crippen LogP contribution in [-0.2, 0) is 11.2 Å². The Labute approximate surface area is 186 Å². The molecule has 164 valence electrons. The number of aromatic nitrogens is 1. The molecule has 2 N–H and O–H groups in total. The number of nitrogens with one attached hydrogen (secondary N) is 2. The van der Waals surface area contributed by atoms with Gasteiger partial charge in [-0.2, -0.15) is 5.26 Å². The van der Waals surface area contributed by atoms with Gasteiger partial charge < -0.3 is 19.8 Å². The molecule has 3 rings (SSSR count). The Hall–Kier alpha value is -4.05. The standard InChI is InChI=1S/C25H25N3O4/c1-3-31-23-14-19(20-13-17(2)28-25(30)21(20)15-26)9-10-22(23)32-16-24(29)27-12-11-18-7-5-4-6-8-18/h4-10,13-14H,3,11-12,16H2,1-2H3,(H,27,29)(H,28,30). The minimum absolute atomic E-state index is 0.0320. The Morgan fingerprint density at radius 2 is 1.88 bits per heavy atom. The van der Waals surface area contributed by atoms with E-state index < -0.39 is 5.56 Å². The van der Waals surface area contributed by atoms with Crippen LogP contribution < -0.4 is 20.3 Å². The van der Waals surface area contributed by atoms with Crippen molar-refractivity contribution in [2.75, 3.05) is 19.8 Å². The number of hydrogen-bond acceptors (Lipinski definition) is 5. The van der Waals surface area contributed by atoms with Gasteiger partial charge in [0.05, 0.1) is 6.61 Å². The lowest BCUT2D eigenvalue weighted by molar-refractivity contribution is -0.123. The van der Waals surface area contributed by atoms with Crippen LogP contribution in [0, 0.1) is 18.3 Å². The number of hydrogen-bond donors (Lipinski definition) is 2. The van der Waals surface area contributed by atoms with Gasteiger partial charge in [-0.3, -0.25) is 9.59 Å². The first-order valence-electron chi connectivity index (χ1n) is 10.4. The van der Waals surface area contributed by atoms with Crippen molar-refractivity contribution in [2.45, 2.75) is 20.3 Å². The number of carbonyl (C=O) groups is 1. The monoisotopic (exact) mass is 431 g/mol. The van der Waals surface area contributed by atoms with E-state index in [4.69, 9.17) is 9.47 Å². The summed E-state index contributed by atoms with van der Waals surface area (Å²) in [6, 6.07) is 18.7. The van der Waals surface area contributed by atoms with Crippen molar-refractivity contribution in [1.82, 2.24) is 10.3 Å². The van der Waals surface area contributed by atoms with E-state index >= 15 is 0 Å². The van der Waals surface area contributed by atoms with Crippen LogP contribution in [0.3, 0.4) is 0 Å². The van der Waals surface area contributed by atoms with Crippen molar-refractivity contribution in [3.63, 3.8) is 0 Å². The molecule has 0 saturated heterocycles. The number of aryl methyl sites for hydroxylation is 1. The zero-order chi connectivity index (χ0) is 22.9. The molecule has 0 saturated carbocycles. The highest BCUT2D eigenvalue weighted by Crippen LogP contribution is 2.33. The van der Waals surface area contributed by atoms with Crippen LogP contribution in [-0.4, -0.2) is 30.6 Å². The Morgan fingerprint density at radius 1 is 1.09 bits per heavy atom. The van der Waals surface area contributed by atoms with Gasteiger partial charge in [0.25, 0.3) is 11.5 Å². The molecule has 2 aromatic carbocycles. The molecule has 0 fully saturated rings. The molecule has 0 aliphatic heterocycles. The molecule has 7 heteroatoms. The van der Waals surface area contributed by atoms with Crippen molar-refractivity contribution in [1.29, 1.82) is 5.26 Å². The fraction of sp³-hybridized carbons (Fsp3) is 0.240. The van der Waals surface area contributed by atoms with Crippen LogP contribution in [0.25, 0.3) is 11.1 Å². The third-order valence-electron chi connectivity index (χ3n) is 4.77. The van der Waals surface area contributed by atoms with Crippen molar-refractivity contribution in [3.05, 3.63) is 81.8 Å². The molecule has 0 unspecified atom stereocenters. The van der Waals surface area contributed by atoms with Gasteiger partial charge in [0.1, 0.15) is 11.6 Å². The maximum atomic E-state index is 12.2. The molecule has 1 aromatic heterocycles. The number of H-pyrrole nitrogens is 1. The Balaban J connectivity index is 1.69. The molecule has 32 heavy (non-hydrogen) atoms. The van der Waals surface area contributed by atoms with E-state index in [1.807, 2.05) is 43.3 Å². The first-order valence-corrected chi connectivity index (χ1v) is 10.4. The summed E-state index contributed by atoms with van der Waals surface area (Å²) in [4.78, 5) is 26.9.